The third-order valence-corrected chi connectivity index (χ3v) is 9.84. The molecule has 12 nitrogen and oxygen atoms in total. The Balaban J connectivity index is 1.53. The van der Waals surface area contributed by atoms with Crippen LogP contribution in [-0.4, -0.2) is 102 Å². The summed E-state index contributed by atoms with van der Waals surface area (Å²) in [6.07, 6.45) is 11.4. The highest BCUT2D eigenvalue weighted by atomic mass is 16.7. The summed E-state index contributed by atoms with van der Waals surface area (Å²) in [7, 11) is 6.90. The molecule has 1 aromatic heterocycles. The summed E-state index contributed by atoms with van der Waals surface area (Å²) in [5.41, 5.74) is 0.0957. The van der Waals surface area contributed by atoms with Crippen molar-refractivity contribution in [3.05, 3.63) is 0 Å². The summed E-state index contributed by atoms with van der Waals surface area (Å²) < 4.78 is 10.8. The lowest BCUT2D eigenvalue weighted by molar-refractivity contribution is -0.272. The van der Waals surface area contributed by atoms with E-state index in [1.165, 1.54) is 12.8 Å². The molecule has 12 heteroatoms. The van der Waals surface area contributed by atoms with E-state index < -0.39 is 0 Å². The van der Waals surface area contributed by atoms with E-state index in [0.717, 1.165) is 64.5 Å². The van der Waals surface area contributed by atoms with Crippen LogP contribution in [0, 0.1) is 11.8 Å². The van der Waals surface area contributed by atoms with Gasteiger partial charge < -0.3 is 29.8 Å². The molecule has 2 aliphatic rings. The molecule has 0 amide bonds. The van der Waals surface area contributed by atoms with E-state index >= 15 is 0 Å². The van der Waals surface area contributed by atoms with Gasteiger partial charge in [0.1, 0.15) is 13.5 Å². The zero-order chi connectivity index (χ0) is 34.9. The van der Waals surface area contributed by atoms with Gasteiger partial charge in [0.2, 0.25) is 17.8 Å². The smallest absolute Gasteiger partial charge is 0.235 e. The Kier molecular flexibility index (Phi) is 14.5. The first-order valence-electron chi connectivity index (χ1n) is 17.7. The normalized spacial score (nSPS) is 21.5. The fraction of sp³-hybridized carbons (Fsp3) is 0.914. The number of hydrogen-bond donors (Lipinski definition) is 2. The minimum Gasteiger partial charge on any atom is -0.364 e. The Morgan fingerprint density at radius 3 is 1.28 bits per heavy atom. The summed E-state index contributed by atoms with van der Waals surface area (Å²) in [5.74, 6) is 3.02. The van der Waals surface area contributed by atoms with Crippen LogP contribution in [0.3, 0.4) is 0 Å². The minimum atomic E-state index is 0.0239. The van der Waals surface area contributed by atoms with Crippen LogP contribution in [-0.2, 0) is 19.1 Å². The van der Waals surface area contributed by atoms with E-state index in [1.54, 1.807) is 28.4 Å². The Morgan fingerprint density at radius 2 is 0.957 bits per heavy atom. The van der Waals surface area contributed by atoms with Crippen molar-refractivity contribution in [1.82, 2.24) is 25.1 Å². The first-order valence-corrected chi connectivity index (χ1v) is 17.7. The number of methoxy groups -OCH3 is 2. The number of piperidine rings is 2. The Bertz CT molecular complexity index is 971. The summed E-state index contributed by atoms with van der Waals surface area (Å²) in [4.78, 5) is 27.6. The maximum Gasteiger partial charge on any atom is 0.235 e. The molecule has 3 rings (SSSR count). The molecule has 2 saturated heterocycles. The van der Waals surface area contributed by atoms with Crippen LogP contribution in [0.1, 0.15) is 120 Å². The zero-order valence-corrected chi connectivity index (χ0v) is 31.9. The molecule has 0 saturated carbocycles. The van der Waals surface area contributed by atoms with Crippen LogP contribution in [0.25, 0.3) is 0 Å². The maximum atomic E-state index is 5.79. The molecule has 0 radical (unpaired) electrons. The largest absolute Gasteiger partial charge is 0.364 e. The average Bonchev–Trinajstić information content (AvgIpc) is 2.94. The monoisotopic (exact) mass is 665 g/mol. The molecule has 2 aliphatic heterocycles. The van der Waals surface area contributed by atoms with Gasteiger partial charge in [-0.1, -0.05) is 25.7 Å². The van der Waals surface area contributed by atoms with E-state index in [0.29, 0.717) is 43.1 Å². The fourth-order valence-corrected chi connectivity index (χ4v) is 8.98. The molecule has 272 valence electrons. The number of ether oxygens (including phenoxy) is 2. The molecule has 0 spiro atoms. The Morgan fingerprint density at radius 1 is 0.596 bits per heavy atom. The number of anilines is 3. The van der Waals surface area contributed by atoms with Crippen LogP contribution < -0.4 is 15.5 Å². The number of nitrogens with zero attached hydrogens (tertiary/aromatic N) is 6. The van der Waals surface area contributed by atoms with Crippen molar-refractivity contribution < 1.29 is 19.1 Å². The van der Waals surface area contributed by atoms with Crippen molar-refractivity contribution in [1.29, 1.82) is 0 Å². The minimum absolute atomic E-state index is 0.0239. The first-order chi connectivity index (χ1) is 22.1. The second-order valence-electron chi connectivity index (χ2n) is 16.3. The van der Waals surface area contributed by atoms with Gasteiger partial charge in [0.05, 0.1) is 14.2 Å². The van der Waals surface area contributed by atoms with Gasteiger partial charge in [-0.25, -0.2) is 0 Å². The quantitative estimate of drug-likeness (QED) is 0.121. The number of hydroxylamine groups is 4. The Hall–Kier alpha value is -1.83. The van der Waals surface area contributed by atoms with E-state index in [4.69, 9.17) is 34.1 Å². The maximum absolute atomic E-state index is 5.79. The van der Waals surface area contributed by atoms with Gasteiger partial charge in [-0.15, -0.1) is 0 Å². The van der Waals surface area contributed by atoms with Crippen molar-refractivity contribution in [3.63, 3.8) is 0 Å². The summed E-state index contributed by atoms with van der Waals surface area (Å²) in [6, 6.07) is 0. The van der Waals surface area contributed by atoms with Crippen molar-refractivity contribution in [2.24, 2.45) is 11.8 Å². The molecule has 0 bridgehead atoms. The van der Waals surface area contributed by atoms with Crippen molar-refractivity contribution in [3.8, 4) is 0 Å². The average molecular weight is 665 g/mol. The zero-order valence-electron chi connectivity index (χ0n) is 31.9. The summed E-state index contributed by atoms with van der Waals surface area (Å²) in [5, 5.41) is 11.3. The van der Waals surface area contributed by atoms with Crippen LogP contribution in [0.4, 0.5) is 17.8 Å². The van der Waals surface area contributed by atoms with Crippen molar-refractivity contribution >= 4 is 17.8 Å². The molecule has 0 unspecified atom stereocenters. The van der Waals surface area contributed by atoms with Crippen molar-refractivity contribution in [2.45, 2.75) is 142 Å². The van der Waals surface area contributed by atoms with Gasteiger partial charge in [0.25, 0.3) is 0 Å². The van der Waals surface area contributed by atoms with Crippen LogP contribution in [0.5, 0.6) is 0 Å². The number of aromatic nitrogens is 3. The molecule has 0 aliphatic carbocycles. The summed E-state index contributed by atoms with van der Waals surface area (Å²) in [6.45, 7) is 20.6. The molecular weight excluding hydrogens is 596 g/mol. The van der Waals surface area contributed by atoms with Crippen LogP contribution >= 0.6 is 0 Å². The van der Waals surface area contributed by atoms with Gasteiger partial charge in [-0.2, -0.15) is 25.1 Å². The molecule has 47 heavy (non-hydrogen) atoms. The van der Waals surface area contributed by atoms with Gasteiger partial charge >= 0.3 is 0 Å². The Labute approximate surface area is 285 Å². The van der Waals surface area contributed by atoms with Gasteiger partial charge in [0.15, 0.2) is 0 Å². The second kappa shape index (κ2) is 17.2. The van der Waals surface area contributed by atoms with E-state index in [-0.39, 0.29) is 22.2 Å². The number of nitrogens with one attached hydrogen (secondary N) is 2. The number of hydrogen-bond acceptors (Lipinski definition) is 12. The van der Waals surface area contributed by atoms with Gasteiger partial charge in [0, 0.05) is 49.5 Å². The lowest BCUT2D eigenvalue weighted by Gasteiger charge is -2.53. The molecule has 0 atom stereocenters. The highest BCUT2D eigenvalue weighted by molar-refractivity contribution is 5.43. The van der Waals surface area contributed by atoms with Gasteiger partial charge in [-0.3, -0.25) is 4.90 Å². The summed E-state index contributed by atoms with van der Waals surface area (Å²) >= 11 is 0. The standard InChI is InChI=1S/C35H68N8O4/c1-32(2)21-27(22-33(3,4)42(32)46-11)17-13-15-19-36-29-38-30(40-31(39-29)41(25-44-9)26-45-10)37-20-16-14-18-28-23-34(5,6)43(47-12)35(7,8)24-28/h27-28H,13-26H2,1-12H3,(H2,36,37,38,39,40). The molecule has 2 N–H and O–H groups in total. The second-order valence-corrected chi connectivity index (χ2v) is 16.3. The van der Waals surface area contributed by atoms with E-state index in [2.05, 4.69) is 76.1 Å². The third kappa shape index (κ3) is 11.1. The van der Waals surface area contributed by atoms with Crippen molar-refractivity contribution in [2.75, 3.05) is 70.5 Å². The van der Waals surface area contributed by atoms with E-state index in [1.807, 2.05) is 4.90 Å². The lowest BCUT2D eigenvalue weighted by Crippen LogP contribution is -2.59. The molecule has 2 fully saturated rings. The first kappa shape index (κ1) is 39.6. The number of unbranched alkanes of at least 4 members (excludes halogenated alkanes) is 2. The molecule has 3 heterocycles. The number of rotatable bonds is 19. The van der Waals surface area contributed by atoms with Crippen LogP contribution in [0.15, 0.2) is 0 Å². The molecule has 0 aromatic carbocycles. The highest BCUT2D eigenvalue weighted by Crippen LogP contribution is 2.44. The SMILES string of the molecule is COCN(COC)c1nc(NCCCCC2CC(C)(C)N(OC)C(C)(C)C2)nc(NCCCCC2CC(C)(C)N(OC)C(C)(C)C2)n1. The predicted octanol–water partition coefficient (Wildman–Crippen LogP) is 6.71. The highest BCUT2D eigenvalue weighted by Gasteiger charge is 2.46. The predicted molar refractivity (Wildman–Crippen MR) is 190 cm³/mol. The lowest BCUT2D eigenvalue weighted by atomic mass is 9.73. The fourth-order valence-electron chi connectivity index (χ4n) is 8.98. The molecule has 1 aromatic rings. The third-order valence-electron chi connectivity index (χ3n) is 9.84. The van der Waals surface area contributed by atoms with E-state index in [9.17, 15) is 0 Å². The van der Waals surface area contributed by atoms with Crippen LogP contribution in [0.2, 0.25) is 0 Å². The molecular formula is C35H68N8O4. The van der Waals surface area contributed by atoms with Gasteiger partial charge in [-0.05, 0) is 106 Å². The topological polar surface area (TPSA) is 109 Å².